The largest absolute Gasteiger partial charge is 0.464 e. The van der Waals surface area contributed by atoms with E-state index >= 15 is 0 Å². The Labute approximate surface area is 182 Å². The molecule has 3 aromatic rings. The molecule has 2 fully saturated rings. The Hall–Kier alpha value is -2.53. The first-order valence-electron chi connectivity index (χ1n) is 11.5. The van der Waals surface area contributed by atoms with Gasteiger partial charge >= 0.3 is 0 Å². The quantitative estimate of drug-likeness (QED) is 0.493. The van der Waals surface area contributed by atoms with Gasteiger partial charge in [0.15, 0.2) is 0 Å². The van der Waals surface area contributed by atoms with E-state index in [1.165, 1.54) is 0 Å². The molecular weight excluding hydrogens is 391 g/mol. The second-order valence-electron chi connectivity index (χ2n) is 9.07. The minimum atomic E-state index is -0.231. The molecule has 0 bridgehead atoms. The molecule has 1 aliphatic heterocycles. The third-order valence-corrected chi connectivity index (χ3v) is 7.19. The van der Waals surface area contributed by atoms with Gasteiger partial charge in [-0.1, -0.05) is 25.0 Å². The summed E-state index contributed by atoms with van der Waals surface area (Å²) in [5.41, 5.74) is 2.67. The average Bonchev–Trinajstić information content (AvgIpc) is 3.56. The van der Waals surface area contributed by atoms with Crippen molar-refractivity contribution >= 4 is 16.8 Å². The summed E-state index contributed by atoms with van der Waals surface area (Å²) in [5, 5.41) is 0.563. The number of hydrogen-bond donors (Lipinski definition) is 0. The molecule has 5 rings (SSSR count). The lowest BCUT2D eigenvalue weighted by molar-refractivity contribution is -0.124. The summed E-state index contributed by atoms with van der Waals surface area (Å²) in [7, 11) is 0. The third-order valence-electron chi connectivity index (χ3n) is 7.19. The summed E-state index contributed by atoms with van der Waals surface area (Å²) in [6.07, 6.45) is 9.56. The van der Waals surface area contributed by atoms with Crippen LogP contribution in [0.25, 0.3) is 11.0 Å². The van der Waals surface area contributed by atoms with Crippen molar-refractivity contribution < 1.29 is 13.6 Å². The first-order valence-corrected chi connectivity index (χ1v) is 11.5. The summed E-state index contributed by atoms with van der Waals surface area (Å²) in [5.74, 6) is 0.553. The number of hydrogen-bond acceptors (Lipinski definition) is 4. The van der Waals surface area contributed by atoms with Crippen molar-refractivity contribution in [3.8, 4) is 0 Å². The van der Waals surface area contributed by atoms with Crippen LogP contribution >= 0.6 is 0 Å². The number of pyridine rings is 1. The molecule has 0 N–H and O–H groups in total. The number of furan rings is 1. The predicted octanol–water partition coefficient (Wildman–Crippen LogP) is 5.69. The fourth-order valence-electron chi connectivity index (χ4n) is 5.48. The van der Waals surface area contributed by atoms with Crippen LogP contribution in [0.3, 0.4) is 0 Å². The summed E-state index contributed by atoms with van der Waals surface area (Å²) in [6, 6.07) is 11.0. The number of halogens is 1. The molecule has 0 amide bonds. The highest BCUT2D eigenvalue weighted by Gasteiger charge is 2.32. The van der Waals surface area contributed by atoms with E-state index in [4.69, 9.17) is 4.42 Å². The number of carbonyl (C=O) groups excluding carboxylic acids is 1. The van der Waals surface area contributed by atoms with Crippen molar-refractivity contribution in [1.29, 1.82) is 0 Å². The van der Waals surface area contributed by atoms with Gasteiger partial charge in [-0.15, -0.1) is 0 Å². The van der Waals surface area contributed by atoms with Crippen LogP contribution < -0.4 is 0 Å². The Kier molecular flexibility index (Phi) is 5.86. The molecule has 2 atom stereocenters. The van der Waals surface area contributed by atoms with Crippen LogP contribution in [0.4, 0.5) is 4.39 Å². The molecule has 2 aliphatic rings. The normalized spacial score (nSPS) is 21.1. The first kappa shape index (κ1) is 20.4. The molecule has 0 spiro atoms. The maximum absolute atomic E-state index is 14.0. The number of rotatable bonds is 7. The fraction of sp³-hybridized carbons (Fsp3) is 0.462. The van der Waals surface area contributed by atoms with E-state index in [1.807, 2.05) is 24.3 Å². The molecule has 2 unspecified atom stereocenters. The lowest BCUT2D eigenvalue weighted by atomic mass is 9.86. The molecule has 1 saturated carbocycles. The van der Waals surface area contributed by atoms with Crippen LogP contribution in [0.1, 0.15) is 61.6 Å². The Balaban J connectivity index is 1.27. The topological polar surface area (TPSA) is 46.3 Å². The predicted molar refractivity (Wildman–Crippen MR) is 119 cm³/mol. The van der Waals surface area contributed by atoms with Crippen molar-refractivity contribution in [2.75, 3.05) is 19.6 Å². The van der Waals surface area contributed by atoms with E-state index < -0.39 is 0 Å². The highest BCUT2D eigenvalue weighted by molar-refractivity contribution is 5.87. The van der Waals surface area contributed by atoms with E-state index in [0.29, 0.717) is 22.7 Å². The van der Waals surface area contributed by atoms with Crippen LogP contribution in [-0.4, -0.2) is 35.3 Å². The van der Waals surface area contributed by atoms with E-state index in [9.17, 15) is 9.18 Å². The number of benzene rings is 1. The van der Waals surface area contributed by atoms with Gasteiger partial charge in [-0.05, 0) is 68.6 Å². The standard InChI is InChI=1S/C26H29FN2O2/c27-23-9-8-20(26-21(23)12-16-31-26)19-10-14-29(17-19)15-11-22(24-7-3-4-13-28-24)25(30)18-5-1-2-6-18/h3-4,7-9,12-13,16,18-19,22H,1-2,5-6,10-11,14-15,17H2. The van der Waals surface area contributed by atoms with Crippen LogP contribution in [0.5, 0.6) is 0 Å². The van der Waals surface area contributed by atoms with Gasteiger partial charge in [0.05, 0.1) is 23.3 Å². The Bertz CT molecular complexity index is 1040. The Morgan fingerprint density at radius 1 is 1.16 bits per heavy atom. The fourth-order valence-corrected chi connectivity index (χ4v) is 5.48. The van der Waals surface area contributed by atoms with E-state index in [1.54, 1.807) is 24.6 Å². The molecule has 31 heavy (non-hydrogen) atoms. The number of likely N-dealkylation sites (tertiary alicyclic amines) is 1. The number of ketones is 1. The number of aromatic nitrogens is 1. The van der Waals surface area contributed by atoms with Crippen molar-refractivity contribution in [2.45, 2.75) is 50.4 Å². The van der Waals surface area contributed by atoms with E-state index in [2.05, 4.69) is 9.88 Å². The molecule has 1 aromatic carbocycles. The molecule has 3 heterocycles. The smallest absolute Gasteiger partial charge is 0.145 e. The number of fused-ring (bicyclic) bond motifs is 1. The highest BCUT2D eigenvalue weighted by atomic mass is 19.1. The number of Topliss-reactive ketones (excluding diaryl/α,β-unsaturated/α-hetero) is 1. The van der Waals surface area contributed by atoms with Gasteiger partial charge in [-0.3, -0.25) is 9.78 Å². The van der Waals surface area contributed by atoms with Crippen molar-refractivity contribution in [1.82, 2.24) is 9.88 Å². The van der Waals surface area contributed by atoms with Crippen LogP contribution in [0.2, 0.25) is 0 Å². The highest BCUT2D eigenvalue weighted by Crippen LogP contribution is 2.36. The van der Waals surface area contributed by atoms with Crippen LogP contribution in [-0.2, 0) is 4.79 Å². The van der Waals surface area contributed by atoms with E-state index in [-0.39, 0.29) is 17.7 Å². The monoisotopic (exact) mass is 420 g/mol. The minimum Gasteiger partial charge on any atom is -0.464 e. The molecule has 1 saturated heterocycles. The Morgan fingerprint density at radius 2 is 2.03 bits per heavy atom. The summed E-state index contributed by atoms with van der Waals surface area (Å²) < 4.78 is 19.6. The maximum atomic E-state index is 14.0. The molecule has 0 radical (unpaired) electrons. The van der Waals surface area contributed by atoms with Gasteiger partial charge in [0.2, 0.25) is 0 Å². The third kappa shape index (κ3) is 4.16. The van der Waals surface area contributed by atoms with Crippen molar-refractivity contribution in [3.05, 3.63) is 65.9 Å². The van der Waals surface area contributed by atoms with Crippen LogP contribution in [0, 0.1) is 11.7 Å². The zero-order valence-corrected chi connectivity index (χ0v) is 17.8. The van der Waals surface area contributed by atoms with Gasteiger partial charge in [0, 0.05) is 24.6 Å². The van der Waals surface area contributed by atoms with Gasteiger partial charge in [-0.25, -0.2) is 4.39 Å². The summed E-state index contributed by atoms with van der Waals surface area (Å²) in [6.45, 7) is 2.77. The number of nitrogens with zero attached hydrogens (tertiary/aromatic N) is 2. The summed E-state index contributed by atoms with van der Waals surface area (Å²) in [4.78, 5) is 20.2. The van der Waals surface area contributed by atoms with Gasteiger partial charge in [0.25, 0.3) is 0 Å². The number of carbonyl (C=O) groups is 1. The SMILES string of the molecule is O=C(C1CCCC1)C(CCN1CCC(c2ccc(F)c3ccoc23)C1)c1ccccn1. The lowest BCUT2D eigenvalue weighted by Gasteiger charge is -2.23. The molecule has 5 heteroatoms. The molecular formula is C26H29FN2O2. The average molecular weight is 421 g/mol. The molecule has 2 aromatic heterocycles. The second-order valence-corrected chi connectivity index (χ2v) is 9.07. The van der Waals surface area contributed by atoms with E-state index in [0.717, 1.165) is 69.4 Å². The van der Waals surface area contributed by atoms with Gasteiger partial charge < -0.3 is 9.32 Å². The van der Waals surface area contributed by atoms with Crippen molar-refractivity contribution in [2.24, 2.45) is 5.92 Å². The second kappa shape index (κ2) is 8.91. The first-order chi connectivity index (χ1) is 15.2. The zero-order chi connectivity index (χ0) is 21.2. The van der Waals surface area contributed by atoms with Gasteiger partial charge in [0.1, 0.15) is 17.2 Å². The Morgan fingerprint density at radius 3 is 2.84 bits per heavy atom. The minimum absolute atomic E-state index is 0.119. The lowest BCUT2D eigenvalue weighted by Crippen LogP contribution is -2.28. The molecule has 1 aliphatic carbocycles. The van der Waals surface area contributed by atoms with Crippen LogP contribution in [0.15, 0.2) is 53.3 Å². The molecule has 162 valence electrons. The molecule has 4 nitrogen and oxygen atoms in total. The maximum Gasteiger partial charge on any atom is 0.145 e. The van der Waals surface area contributed by atoms with Gasteiger partial charge in [-0.2, -0.15) is 0 Å². The van der Waals surface area contributed by atoms with Crippen molar-refractivity contribution in [3.63, 3.8) is 0 Å². The summed E-state index contributed by atoms with van der Waals surface area (Å²) >= 11 is 0. The zero-order valence-electron chi connectivity index (χ0n) is 17.8.